The maximum Gasteiger partial charge on any atom is 0.310 e. The van der Waals surface area contributed by atoms with Crippen molar-refractivity contribution in [1.29, 1.82) is 0 Å². The first kappa shape index (κ1) is 8.71. The van der Waals surface area contributed by atoms with Crippen LogP contribution in [0.25, 0.3) is 0 Å². The molecule has 0 saturated heterocycles. The molecule has 0 atom stereocenters. The Kier molecular flexibility index (Phi) is 3.21. The van der Waals surface area contributed by atoms with Gasteiger partial charge in [-0.15, -0.1) is 0 Å². The normalized spacial score (nSPS) is 8.10. The third kappa shape index (κ3) is 2.32. The van der Waals surface area contributed by atoms with E-state index in [2.05, 4.69) is 4.74 Å². The third-order valence-electron chi connectivity index (χ3n) is 0.739. The Morgan fingerprint density at radius 1 is 1.70 bits per heavy atom. The summed E-state index contributed by atoms with van der Waals surface area (Å²) < 4.78 is 9.25. The van der Waals surface area contributed by atoms with Crippen molar-refractivity contribution in [2.75, 3.05) is 0 Å². The maximum atomic E-state index is 10.2. The lowest BCUT2D eigenvalue weighted by atomic mass is 10.6. The molecule has 0 bridgehead atoms. The molecule has 0 unspecified atom stereocenters. The highest BCUT2D eigenvalue weighted by Crippen LogP contribution is 2.09. The van der Waals surface area contributed by atoms with Gasteiger partial charge in [-0.1, -0.05) is 0 Å². The summed E-state index contributed by atoms with van der Waals surface area (Å²) in [6, 6.07) is 3.22. The van der Waals surface area contributed by atoms with E-state index in [1.54, 1.807) is 12.1 Å². The molecule has 10 heavy (non-hydrogen) atoms. The van der Waals surface area contributed by atoms with Gasteiger partial charge in [-0.05, 0) is 6.07 Å². The van der Waals surface area contributed by atoms with Crippen molar-refractivity contribution in [3.05, 3.63) is 18.4 Å². The molecule has 0 radical (unpaired) electrons. The summed E-state index contributed by atoms with van der Waals surface area (Å²) in [7, 11) is 0. The molecule has 1 aromatic rings. The van der Waals surface area contributed by atoms with Gasteiger partial charge in [0.1, 0.15) is 0 Å². The van der Waals surface area contributed by atoms with Crippen molar-refractivity contribution in [1.82, 2.24) is 0 Å². The van der Waals surface area contributed by atoms with Crippen LogP contribution in [0.4, 0.5) is 0 Å². The average Bonchev–Trinajstić information content (AvgIpc) is 2.15. The monoisotopic (exact) mass is 144 g/mol. The Morgan fingerprint density at radius 3 is 2.80 bits per heavy atom. The highest BCUT2D eigenvalue weighted by atomic mass is 16.6. The van der Waals surface area contributed by atoms with Gasteiger partial charge in [0, 0.05) is 13.0 Å². The fraction of sp³-hybridized carbons (Fsp3) is 0.167. The van der Waals surface area contributed by atoms with E-state index in [1.807, 2.05) is 0 Å². The minimum atomic E-state index is -0.370. The van der Waals surface area contributed by atoms with Crippen molar-refractivity contribution in [3.63, 3.8) is 0 Å². The van der Waals surface area contributed by atoms with E-state index in [0.29, 0.717) is 0 Å². The quantitative estimate of drug-likeness (QED) is 0.535. The summed E-state index contributed by atoms with van der Waals surface area (Å²) in [6.45, 7) is 1.32. The fourth-order valence-corrected chi connectivity index (χ4v) is 0.463. The number of ether oxygens (including phenoxy) is 1. The molecular weight excluding hydrogens is 136 g/mol. The van der Waals surface area contributed by atoms with Crippen LogP contribution in [0.15, 0.2) is 22.8 Å². The topological polar surface area (TPSA) is 70.9 Å². The number of hydrogen-bond donors (Lipinski definition) is 0. The number of rotatable bonds is 1. The minimum absolute atomic E-state index is 0. The average molecular weight is 144 g/mol. The van der Waals surface area contributed by atoms with Crippen LogP contribution in [-0.2, 0) is 4.79 Å². The van der Waals surface area contributed by atoms with Crippen LogP contribution >= 0.6 is 0 Å². The van der Waals surface area contributed by atoms with E-state index in [1.165, 1.54) is 13.2 Å². The number of furan rings is 1. The minimum Gasteiger partial charge on any atom is -0.434 e. The number of carbonyl (C=O) groups excluding carboxylic acids is 1. The number of carbonyl (C=O) groups is 1. The molecule has 4 heteroatoms. The van der Waals surface area contributed by atoms with Crippen LogP contribution < -0.4 is 4.74 Å². The van der Waals surface area contributed by atoms with Crippen LogP contribution in [0.2, 0.25) is 0 Å². The molecule has 1 heterocycles. The molecular formula is C6H8O4. The van der Waals surface area contributed by atoms with Gasteiger partial charge in [-0.2, -0.15) is 0 Å². The lowest BCUT2D eigenvalue weighted by Gasteiger charge is -1.90. The van der Waals surface area contributed by atoms with Crippen molar-refractivity contribution in [2.24, 2.45) is 0 Å². The summed E-state index contributed by atoms with van der Waals surface area (Å²) in [5.74, 6) is -0.132. The molecule has 1 aromatic heterocycles. The first-order valence-corrected chi connectivity index (χ1v) is 2.51. The highest BCUT2D eigenvalue weighted by Gasteiger charge is 1.96. The second-order valence-electron chi connectivity index (χ2n) is 1.53. The van der Waals surface area contributed by atoms with Crippen LogP contribution in [0.3, 0.4) is 0 Å². The second-order valence-corrected chi connectivity index (χ2v) is 1.53. The van der Waals surface area contributed by atoms with Crippen LogP contribution in [0, 0.1) is 0 Å². The molecule has 0 aliphatic heterocycles. The second kappa shape index (κ2) is 3.68. The number of hydrogen-bond acceptors (Lipinski definition) is 3. The summed E-state index contributed by atoms with van der Waals surface area (Å²) in [6.07, 6.45) is 1.44. The Balaban J connectivity index is 0.000000810. The van der Waals surface area contributed by atoms with E-state index in [-0.39, 0.29) is 17.4 Å². The summed E-state index contributed by atoms with van der Waals surface area (Å²) >= 11 is 0. The van der Waals surface area contributed by atoms with E-state index in [0.717, 1.165) is 0 Å². The predicted octanol–water partition coefficient (Wildman–Crippen LogP) is 0.380. The highest BCUT2D eigenvalue weighted by molar-refractivity contribution is 5.68. The zero-order valence-electron chi connectivity index (χ0n) is 5.46. The van der Waals surface area contributed by atoms with Crippen molar-refractivity contribution < 1.29 is 19.4 Å². The largest absolute Gasteiger partial charge is 0.434 e. The Labute approximate surface area is 57.7 Å². The molecule has 0 aliphatic rings. The molecule has 56 valence electrons. The molecule has 1 rings (SSSR count). The Hall–Kier alpha value is -1.29. The number of esters is 1. The van der Waals surface area contributed by atoms with Gasteiger partial charge < -0.3 is 14.6 Å². The zero-order valence-corrected chi connectivity index (χ0v) is 5.46. The summed E-state index contributed by atoms with van der Waals surface area (Å²) in [5.41, 5.74) is 0. The van der Waals surface area contributed by atoms with E-state index >= 15 is 0 Å². The third-order valence-corrected chi connectivity index (χ3v) is 0.739. The molecule has 0 amide bonds. The lowest BCUT2D eigenvalue weighted by Crippen LogP contribution is -1.99. The molecule has 0 spiro atoms. The van der Waals surface area contributed by atoms with Crippen molar-refractivity contribution >= 4 is 5.97 Å². The van der Waals surface area contributed by atoms with Gasteiger partial charge in [0.15, 0.2) is 0 Å². The van der Waals surface area contributed by atoms with Gasteiger partial charge in [0.05, 0.1) is 6.26 Å². The zero-order chi connectivity index (χ0) is 6.69. The van der Waals surface area contributed by atoms with Gasteiger partial charge in [-0.3, -0.25) is 4.79 Å². The van der Waals surface area contributed by atoms with Gasteiger partial charge in [-0.25, -0.2) is 0 Å². The first-order valence-electron chi connectivity index (χ1n) is 2.51. The van der Waals surface area contributed by atoms with E-state index in [4.69, 9.17) is 4.42 Å². The molecule has 2 N–H and O–H groups in total. The molecule has 0 saturated carbocycles. The van der Waals surface area contributed by atoms with Crippen molar-refractivity contribution in [3.8, 4) is 5.95 Å². The SMILES string of the molecule is CC(=O)Oc1ccco1.O. The van der Waals surface area contributed by atoms with E-state index < -0.39 is 0 Å². The van der Waals surface area contributed by atoms with Gasteiger partial charge >= 0.3 is 5.97 Å². The summed E-state index contributed by atoms with van der Waals surface area (Å²) in [4.78, 5) is 10.2. The van der Waals surface area contributed by atoms with Crippen molar-refractivity contribution in [2.45, 2.75) is 6.92 Å². The van der Waals surface area contributed by atoms with Crippen LogP contribution in [-0.4, -0.2) is 11.4 Å². The smallest absolute Gasteiger partial charge is 0.310 e. The Bertz CT molecular complexity index is 190. The first-order chi connectivity index (χ1) is 4.29. The van der Waals surface area contributed by atoms with Crippen LogP contribution in [0.1, 0.15) is 6.92 Å². The standard InChI is InChI=1S/C6H6O3.H2O/c1-5(7)9-6-3-2-4-8-6;/h2-4H,1H3;1H2. The van der Waals surface area contributed by atoms with Crippen LogP contribution in [0.5, 0.6) is 5.95 Å². The van der Waals surface area contributed by atoms with E-state index in [9.17, 15) is 4.79 Å². The predicted molar refractivity (Wildman–Crippen MR) is 33.6 cm³/mol. The van der Waals surface area contributed by atoms with Gasteiger partial charge in [0.2, 0.25) is 0 Å². The summed E-state index contributed by atoms with van der Waals surface area (Å²) in [5, 5.41) is 0. The fourth-order valence-electron chi connectivity index (χ4n) is 0.463. The lowest BCUT2D eigenvalue weighted by molar-refractivity contribution is -0.133. The molecule has 0 aromatic carbocycles. The molecule has 4 nitrogen and oxygen atoms in total. The molecule has 0 fully saturated rings. The Morgan fingerprint density at radius 2 is 2.40 bits per heavy atom. The molecule has 0 aliphatic carbocycles. The maximum absolute atomic E-state index is 10.2. The van der Waals surface area contributed by atoms with Gasteiger partial charge in [0.25, 0.3) is 5.95 Å².